The van der Waals surface area contributed by atoms with Crippen molar-refractivity contribution in [2.75, 3.05) is 13.2 Å². The number of hydrogen-bond acceptors (Lipinski definition) is 2. The van der Waals surface area contributed by atoms with Gasteiger partial charge in [-0.1, -0.05) is 22.9 Å². The molecule has 108 valence electrons. The van der Waals surface area contributed by atoms with Crippen molar-refractivity contribution in [3.05, 3.63) is 27.7 Å². The van der Waals surface area contributed by atoms with E-state index in [-0.39, 0.29) is 5.54 Å². The summed E-state index contributed by atoms with van der Waals surface area (Å²) < 4.78 is 7.06. The predicted molar refractivity (Wildman–Crippen MR) is 86.0 cm³/mol. The van der Waals surface area contributed by atoms with Gasteiger partial charge in [0.25, 0.3) is 0 Å². The molecule has 0 saturated heterocycles. The first-order valence-corrected chi connectivity index (χ1v) is 7.63. The molecule has 0 amide bonds. The first-order chi connectivity index (χ1) is 8.69. The van der Waals surface area contributed by atoms with E-state index in [1.165, 1.54) is 15.6 Å². The van der Waals surface area contributed by atoms with Crippen LogP contribution in [-0.4, -0.2) is 18.7 Å². The molecule has 1 rings (SSSR count). The van der Waals surface area contributed by atoms with Crippen molar-refractivity contribution < 1.29 is 4.74 Å². The van der Waals surface area contributed by atoms with Crippen LogP contribution < -0.4 is 10.1 Å². The highest BCUT2D eigenvalue weighted by molar-refractivity contribution is 9.10. The number of benzene rings is 1. The molecule has 0 aliphatic heterocycles. The first kappa shape index (κ1) is 16.5. The van der Waals surface area contributed by atoms with E-state index < -0.39 is 0 Å². The lowest BCUT2D eigenvalue weighted by Crippen LogP contribution is -2.39. The highest BCUT2D eigenvalue weighted by atomic mass is 79.9. The summed E-state index contributed by atoms with van der Waals surface area (Å²) in [6, 6.07) is 4.17. The second-order valence-electron chi connectivity index (χ2n) is 6.42. The number of halogens is 1. The SMILES string of the molecule is Cc1cc(OCC(C)CNC(C)(C)C)cc(C)c1Br. The topological polar surface area (TPSA) is 21.3 Å². The molecule has 0 heterocycles. The molecule has 1 N–H and O–H groups in total. The fourth-order valence-corrected chi connectivity index (χ4v) is 2.00. The molecular formula is C16H26BrNO. The number of aryl methyl sites for hydroxylation is 2. The summed E-state index contributed by atoms with van der Waals surface area (Å²) in [5, 5.41) is 3.50. The fraction of sp³-hybridized carbons (Fsp3) is 0.625. The molecule has 1 unspecified atom stereocenters. The maximum Gasteiger partial charge on any atom is 0.119 e. The zero-order valence-corrected chi connectivity index (χ0v) is 14.5. The molecule has 0 aliphatic rings. The molecule has 2 nitrogen and oxygen atoms in total. The van der Waals surface area contributed by atoms with Crippen LogP contribution in [0.4, 0.5) is 0 Å². The summed E-state index contributed by atoms with van der Waals surface area (Å²) in [5.41, 5.74) is 2.60. The number of ether oxygens (including phenoxy) is 1. The summed E-state index contributed by atoms with van der Waals surface area (Å²) in [5.74, 6) is 1.45. The quantitative estimate of drug-likeness (QED) is 0.861. The van der Waals surface area contributed by atoms with Gasteiger partial charge in [0.15, 0.2) is 0 Å². The van der Waals surface area contributed by atoms with Crippen molar-refractivity contribution in [2.24, 2.45) is 5.92 Å². The molecule has 0 spiro atoms. The zero-order chi connectivity index (χ0) is 14.6. The first-order valence-electron chi connectivity index (χ1n) is 6.83. The Balaban J connectivity index is 2.48. The Hall–Kier alpha value is -0.540. The van der Waals surface area contributed by atoms with Crippen LogP contribution in [0.2, 0.25) is 0 Å². The smallest absolute Gasteiger partial charge is 0.119 e. The van der Waals surface area contributed by atoms with Gasteiger partial charge in [-0.2, -0.15) is 0 Å². The van der Waals surface area contributed by atoms with E-state index in [2.05, 4.69) is 74.9 Å². The lowest BCUT2D eigenvalue weighted by atomic mass is 10.1. The van der Waals surface area contributed by atoms with Crippen molar-refractivity contribution in [1.29, 1.82) is 0 Å². The van der Waals surface area contributed by atoms with Crippen molar-refractivity contribution in [1.82, 2.24) is 5.32 Å². The minimum absolute atomic E-state index is 0.166. The summed E-state index contributed by atoms with van der Waals surface area (Å²) in [6.45, 7) is 14.6. The predicted octanol–water partition coefficient (Wildman–Crippen LogP) is 4.47. The summed E-state index contributed by atoms with van der Waals surface area (Å²) in [4.78, 5) is 0. The average molecular weight is 328 g/mol. The minimum atomic E-state index is 0.166. The normalized spacial score (nSPS) is 13.4. The van der Waals surface area contributed by atoms with Crippen LogP contribution in [0.1, 0.15) is 38.8 Å². The molecule has 0 radical (unpaired) electrons. The third-order valence-electron chi connectivity index (χ3n) is 2.93. The molecule has 1 aromatic carbocycles. The molecule has 3 heteroatoms. The number of hydrogen-bond donors (Lipinski definition) is 1. The maximum atomic E-state index is 5.89. The van der Waals surface area contributed by atoms with Crippen LogP contribution in [0.15, 0.2) is 16.6 Å². The second-order valence-corrected chi connectivity index (χ2v) is 7.21. The molecule has 19 heavy (non-hydrogen) atoms. The van der Waals surface area contributed by atoms with Crippen LogP contribution in [0.25, 0.3) is 0 Å². The molecule has 1 atom stereocenters. The Labute approximate surface area is 126 Å². The second kappa shape index (κ2) is 6.76. The highest BCUT2D eigenvalue weighted by Crippen LogP contribution is 2.26. The Kier molecular flexibility index (Phi) is 5.87. The van der Waals surface area contributed by atoms with Crippen LogP contribution in [0.3, 0.4) is 0 Å². The van der Waals surface area contributed by atoms with Gasteiger partial charge >= 0.3 is 0 Å². The van der Waals surface area contributed by atoms with E-state index in [0.717, 1.165) is 18.9 Å². The Bertz CT molecular complexity index is 400. The van der Waals surface area contributed by atoms with E-state index in [0.29, 0.717) is 5.92 Å². The molecule has 0 bridgehead atoms. The Morgan fingerprint density at radius 2 is 1.74 bits per heavy atom. The van der Waals surface area contributed by atoms with Crippen molar-refractivity contribution in [3.63, 3.8) is 0 Å². The van der Waals surface area contributed by atoms with Gasteiger partial charge in [-0.25, -0.2) is 0 Å². The van der Waals surface area contributed by atoms with Gasteiger partial charge < -0.3 is 10.1 Å². The zero-order valence-electron chi connectivity index (χ0n) is 12.9. The lowest BCUT2D eigenvalue weighted by molar-refractivity contribution is 0.244. The Morgan fingerprint density at radius 1 is 1.21 bits per heavy atom. The molecule has 0 fully saturated rings. The van der Waals surface area contributed by atoms with E-state index in [1.54, 1.807) is 0 Å². The highest BCUT2D eigenvalue weighted by Gasteiger charge is 2.12. The van der Waals surface area contributed by atoms with Gasteiger partial charge in [-0.15, -0.1) is 0 Å². The summed E-state index contributed by atoms with van der Waals surface area (Å²) in [6.07, 6.45) is 0. The summed E-state index contributed by atoms with van der Waals surface area (Å²) in [7, 11) is 0. The van der Waals surface area contributed by atoms with Gasteiger partial charge in [0.2, 0.25) is 0 Å². The maximum absolute atomic E-state index is 5.89. The van der Waals surface area contributed by atoms with Crippen LogP contribution >= 0.6 is 15.9 Å². The van der Waals surface area contributed by atoms with E-state index in [9.17, 15) is 0 Å². The monoisotopic (exact) mass is 327 g/mol. The molecular weight excluding hydrogens is 302 g/mol. The van der Waals surface area contributed by atoms with Crippen LogP contribution in [0.5, 0.6) is 5.75 Å². The van der Waals surface area contributed by atoms with Crippen LogP contribution in [-0.2, 0) is 0 Å². The lowest BCUT2D eigenvalue weighted by Gasteiger charge is -2.23. The van der Waals surface area contributed by atoms with Gasteiger partial charge in [0, 0.05) is 22.5 Å². The molecule has 0 saturated carbocycles. The van der Waals surface area contributed by atoms with Gasteiger partial charge in [0.1, 0.15) is 5.75 Å². The molecule has 1 aromatic rings. The minimum Gasteiger partial charge on any atom is -0.493 e. The number of rotatable bonds is 5. The summed E-state index contributed by atoms with van der Waals surface area (Å²) >= 11 is 3.57. The van der Waals surface area contributed by atoms with E-state index in [1.807, 2.05) is 0 Å². The Morgan fingerprint density at radius 3 is 2.21 bits per heavy atom. The largest absolute Gasteiger partial charge is 0.493 e. The van der Waals surface area contributed by atoms with Crippen molar-refractivity contribution >= 4 is 15.9 Å². The van der Waals surface area contributed by atoms with Gasteiger partial charge in [-0.05, 0) is 57.9 Å². The number of nitrogens with one attached hydrogen (secondary N) is 1. The average Bonchev–Trinajstić information content (AvgIpc) is 2.29. The van der Waals surface area contributed by atoms with Gasteiger partial charge in [0.05, 0.1) is 6.61 Å². The van der Waals surface area contributed by atoms with Crippen molar-refractivity contribution in [3.8, 4) is 5.75 Å². The molecule has 0 aliphatic carbocycles. The third kappa shape index (κ3) is 5.96. The van der Waals surface area contributed by atoms with E-state index >= 15 is 0 Å². The van der Waals surface area contributed by atoms with E-state index in [4.69, 9.17) is 4.74 Å². The fourth-order valence-electron chi connectivity index (χ4n) is 1.77. The molecule has 0 aromatic heterocycles. The third-order valence-corrected chi connectivity index (χ3v) is 4.18. The van der Waals surface area contributed by atoms with Crippen LogP contribution in [0, 0.1) is 19.8 Å². The standard InChI is InChI=1S/C16H26BrNO/c1-11(9-18-16(4,5)6)10-19-14-7-12(2)15(17)13(3)8-14/h7-8,11,18H,9-10H2,1-6H3. The van der Waals surface area contributed by atoms with Gasteiger partial charge in [-0.3, -0.25) is 0 Å². The van der Waals surface area contributed by atoms with Crippen molar-refractivity contribution in [2.45, 2.75) is 47.1 Å².